The standard InChI is InChI=1S/C15H13F3N2O2/c16-15(17,18)7-2-1-3-8(6-7)20-13(21)11-9-4-5-10(19-9)12(11)14(20)22/h1-3,6,9-12,19H,4-5H2. The van der Waals surface area contributed by atoms with Crippen LogP contribution in [0.25, 0.3) is 0 Å². The number of benzene rings is 1. The molecule has 3 fully saturated rings. The Balaban J connectivity index is 1.72. The van der Waals surface area contributed by atoms with Gasteiger partial charge in [-0.3, -0.25) is 9.59 Å². The second kappa shape index (κ2) is 4.32. The second-order valence-corrected chi connectivity index (χ2v) is 6.07. The monoisotopic (exact) mass is 310 g/mol. The van der Waals surface area contributed by atoms with Crippen LogP contribution >= 0.6 is 0 Å². The Bertz CT molecular complexity index is 645. The van der Waals surface area contributed by atoms with Crippen molar-refractivity contribution in [1.29, 1.82) is 0 Å². The van der Waals surface area contributed by atoms with Crippen LogP contribution in [-0.2, 0) is 15.8 Å². The summed E-state index contributed by atoms with van der Waals surface area (Å²) in [5.41, 5.74) is -0.845. The fourth-order valence-electron chi connectivity index (χ4n) is 4.00. The first-order chi connectivity index (χ1) is 10.4. The van der Waals surface area contributed by atoms with Crippen LogP contribution in [-0.4, -0.2) is 23.9 Å². The van der Waals surface area contributed by atoms with Gasteiger partial charge < -0.3 is 5.32 Å². The van der Waals surface area contributed by atoms with E-state index in [0.717, 1.165) is 29.9 Å². The van der Waals surface area contributed by atoms with E-state index in [1.165, 1.54) is 12.1 Å². The zero-order valence-electron chi connectivity index (χ0n) is 11.4. The molecular formula is C15H13F3N2O2. The van der Waals surface area contributed by atoms with Crippen molar-refractivity contribution >= 4 is 17.5 Å². The van der Waals surface area contributed by atoms with Crippen molar-refractivity contribution in [2.45, 2.75) is 31.1 Å². The van der Waals surface area contributed by atoms with Crippen molar-refractivity contribution in [3.05, 3.63) is 29.8 Å². The molecule has 4 rings (SSSR count). The van der Waals surface area contributed by atoms with Crippen molar-refractivity contribution in [1.82, 2.24) is 5.32 Å². The number of nitrogens with zero attached hydrogens (tertiary/aromatic N) is 1. The molecule has 116 valence electrons. The molecule has 22 heavy (non-hydrogen) atoms. The van der Waals surface area contributed by atoms with Crippen molar-refractivity contribution in [3.8, 4) is 0 Å². The van der Waals surface area contributed by atoms with Gasteiger partial charge in [-0.1, -0.05) is 6.07 Å². The van der Waals surface area contributed by atoms with Gasteiger partial charge in [0, 0.05) is 12.1 Å². The molecule has 4 atom stereocenters. The van der Waals surface area contributed by atoms with E-state index in [9.17, 15) is 22.8 Å². The number of fused-ring (bicyclic) bond motifs is 5. The normalized spacial score (nSPS) is 33.7. The van der Waals surface area contributed by atoms with Gasteiger partial charge in [-0.2, -0.15) is 13.2 Å². The summed E-state index contributed by atoms with van der Waals surface area (Å²) >= 11 is 0. The van der Waals surface area contributed by atoms with E-state index < -0.39 is 23.6 Å². The van der Waals surface area contributed by atoms with Crippen LogP contribution in [0.3, 0.4) is 0 Å². The topological polar surface area (TPSA) is 49.4 Å². The minimum Gasteiger partial charge on any atom is -0.310 e. The highest BCUT2D eigenvalue weighted by Gasteiger charge is 2.61. The Kier molecular flexibility index (Phi) is 2.70. The van der Waals surface area contributed by atoms with Gasteiger partial charge in [0.15, 0.2) is 0 Å². The molecule has 0 spiro atoms. The lowest BCUT2D eigenvalue weighted by atomic mass is 9.81. The molecule has 1 aromatic rings. The number of halogens is 3. The van der Waals surface area contributed by atoms with E-state index >= 15 is 0 Å². The third-order valence-electron chi connectivity index (χ3n) is 4.91. The Morgan fingerprint density at radius 1 is 1.05 bits per heavy atom. The average molecular weight is 310 g/mol. The smallest absolute Gasteiger partial charge is 0.310 e. The lowest BCUT2D eigenvalue weighted by Gasteiger charge is -2.19. The molecule has 1 aromatic carbocycles. The summed E-state index contributed by atoms with van der Waals surface area (Å²) in [6, 6.07) is 4.35. The quantitative estimate of drug-likeness (QED) is 0.807. The van der Waals surface area contributed by atoms with Crippen molar-refractivity contribution in [2.75, 3.05) is 4.90 Å². The highest BCUT2D eigenvalue weighted by atomic mass is 19.4. The molecular weight excluding hydrogens is 297 g/mol. The van der Waals surface area contributed by atoms with Gasteiger partial charge in [-0.25, -0.2) is 4.90 Å². The number of anilines is 1. The summed E-state index contributed by atoms with van der Waals surface area (Å²) in [6.45, 7) is 0. The molecule has 7 heteroatoms. The Hall–Kier alpha value is -1.89. The van der Waals surface area contributed by atoms with Gasteiger partial charge in [0.1, 0.15) is 0 Å². The van der Waals surface area contributed by atoms with Gasteiger partial charge in [0.25, 0.3) is 0 Å². The Morgan fingerprint density at radius 3 is 2.18 bits per heavy atom. The number of carbonyl (C=O) groups is 2. The van der Waals surface area contributed by atoms with Crippen LogP contribution in [0.2, 0.25) is 0 Å². The number of carbonyl (C=O) groups excluding carboxylic acids is 2. The van der Waals surface area contributed by atoms with Gasteiger partial charge in [-0.05, 0) is 31.0 Å². The van der Waals surface area contributed by atoms with Crippen LogP contribution in [0, 0.1) is 11.8 Å². The molecule has 0 aliphatic carbocycles. The van der Waals surface area contributed by atoms with E-state index in [4.69, 9.17) is 0 Å². The molecule has 3 aliphatic rings. The zero-order chi connectivity index (χ0) is 15.6. The Labute approximate surface area is 124 Å². The maximum absolute atomic E-state index is 12.8. The van der Waals surface area contributed by atoms with Gasteiger partial charge in [0.05, 0.1) is 23.1 Å². The van der Waals surface area contributed by atoms with E-state index in [0.29, 0.717) is 0 Å². The predicted molar refractivity (Wildman–Crippen MR) is 70.9 cm³/mol. The lowest BCUT2D eigenvalue weighted by molar-refractivity contribution is -0.137. The number of hydrogen-bond acceptors (Lipinski definition) is 3. The minimum atomic E-state index is -4.50. The minimum absolute atomic E-state index is 0.0126. The summed E-state index contributed by atoms with van der Waals surface area (Å²) in [5.74, 6) is -1.62. The highest BCUT2D eigenvalue weighted by Crippen LogP contribution is 2.46. The maximum atomic E-state index is 12.8. The molecule has 0 saturated carbocycles. The Morgan fingerprint density at radius 2 is 1.64 bits per heavy atom. The van der Waals surface area contributed by atoms with Crippen LogP contribution in [0.4, 0.5) is 18.9 Å². The van der Waals surface area contributed by atoms with E-state index in [2.05, 4.69) is 5.32 Å². The van der Waals surface area contributed by atoms with E-state index in [-0.39, 0.29) is 29.6 Å². The third kappa shape index (κ3) is 1.75. The molecule has 2 amide bonds. The second-order valence-electron chi connectivity index (χ2n) is 6.07. The lowest BCUT2D eigenvalue weighted by Crippen LogP contribution is -2.38. The predicted octanol–water partition coefficient (Wildman–Crippen LogP) is 1.95. The fourth-order valence-corrected chi connectivity index (χ4v) is 4.00. The fraction of sp³-hybridized carbons (Fsp3) is 0.467. The SMILES string of the molecule is O=C1C2C3CCC(N3)C2C(=O)N1c1cccc(C(F)(F)F)c1. The van der Waals surface area contributed by atoms with Crippen LogP contribution in [0.15, 0.2) is 24.3 Å². The first kappa shape index (κ1) is 13.8. The molecule has 2 bridgehead atoms. The van der Waals surface area contributed by atoms with Gasteiger partial charge >= 0.3 is 6.18 Å². The van der Waals surface area contributed by atoms with Crippen molar-refractivity contribution in [3.63, 3.8) is 0 Å². The maximum Gasteiger partial charge on any atom is 0.416 e. The number of hydrogen-bond donors (Lipinski definition) is 1. The number of rotatable bonds is 1. The highest BCUT2D eigenvalue weighted by molar-refractivity contribution is 6.23. The molecule has 4 nitrogen and oxygen atoms in total. The first-order valence-electron chi connectivity index (χ1n) is 7.19. The van der Waals surface area contributed by atoms with Crippen LogP contribution < -0.4 is 10.2 Å². The number of amides is 2. The largest absolute Gasteiger partial charge is 0.416 e. The van der Waals surface area contributed by atoms with Crippen LogP contribution in [0.1, 0.15) is 18.4 Å². The molecule has 4 unspecified atom stereocenters. The summed E-state index contributed by atoms with van der Waals surface area (Å²) < 4.78 is 38.4. The van der Waals surface area contributed by atoms with Crippen molar-refractivity contribution in [2.24, 2.45) is 11.8 Å². The summed E-state index contributed by atoms with van der Waals surface area (Å²) in [6.07, 6.45) is -2.83. The molecule has 3 aliphatic heterocycles. The number of nitrogens with one attached hydrogen (secondary N) is 1. The average Bonchev–Trinajstić information content (AvgIpc) is 3.12. The summed E-state index contributed by atoms with van der Waals surface area (Å²) in [4.78, 5) is 26.0. The molecule has 1 N–H and O–H groups in total. The summed E-state index contributed by atoms with van der Waals surface area (Å²) in [5, 5.41) is 3.25. The van der Waals surface area contributed by atoms with Gasteiger partial charge in [-0.15, -0.1) is 0 Å². The third-order valence-corrected chi connectivity index (χ3v) is 4.91. The molecule has 0 radical (unpaired) electrons. The molecule has 0 aromatic heterocycles. The number of imide groups is 1. The van der Waals surface area contributed by atoms with Crippen molar-refractivity contribution < 1.29 is 22.8 Å². The van der Waals surface area contributed by atoms with E-state index in [1.807, 2.05) is 0 Å². The first-order valence-corrected chi connectivity index (χ1v) is 7.19. The van der Waals surface area contributed by atoms with E-state index in [1.54, 1.807) is 0 Å². The van der Waals surface area contributed by atoms with Crippen LogP contribution in [0.5, 0.6) is 0 Å². The van der Waals surface area contributed by atoms with Gasteiger partial charge in [0.2, 0.25) is 11.8 Å². The number of alkyl halides is 3. The molecule has 3 saturated heterocycles. The summed E-state index contributed by atoms with van der Waals surface area (Å²) in [7, 11) is 0. The zero-order valence-corrected chi connectivity index (χ0v) is 11.4. The molecule has 3 heterocycles.